The molecule has 0 bridgehead atoms. The van der Waals surface area contributed by atoms with Crippen LogP contribution in [0.2, 0.25) is 0 Å². The zero-order valence-corrected chi connectivity index (χ0v) is 20.5. The van der Waals surface area contributed by atoms with E-state index in [1.54, 1.807) is 24.3 Å². The maximum absolute atomic E-state index is 13.9. The number of thioether (sulfide) groups is 1. The van der Waals surface area contributed by atoms with E-state index in [1.807, 2.05) is 79.4 Å². The van der Waals surface area contributed by atoms with Gasteiger partial charge in [-0.2, -0.15) is 0 Å². The van der Waals surface area contributed by atoms with Gasteiger partial charge in [0, 0.05) is 17.1 Å². The van der Waals surface area contributed by atoms with Crippen molar-refractivity contribution < 1.29 is 19.1 Å². The Hall–Kier alpha value is -3.84. The first kappa shape index (κ1) is 24.3. The Morgan fingerprint density at radius 2 is 1.49 bits per heavy atom. The molecule has 0 aromatic heterocycles. The van der Waals surface area contributed by atoms with Gasteiger partial charge in [-0.3, -0.25) is 9.59 Å². The van der Waals surface area contributed by atoms with E-state index in [2.05, 4.69) is 0 Å². The Morgan fingerprint density at radius 3 is 2.14 bits per heavy atom. The summed E-state index contributed by atoms with van der Waals surface area (Å²) in [5.74, 6) is -1.51. The Labute approximate surface area is 209 Å². The first-order valence-electron chi connectivity index (χ1n) is 11.5. The summed E-state index contributed by atoms with van der Waals surface area (Å²) < 4.78 is 5.32. The number of hydrogen-bond donors (Lipinski definition) is 0. The SMILES string of the molecule is CCCOC(=O)c1ccccc1N1C(=O)C(Sc2ccccc2)=C(N(CC)c2ccccc2)C1=O. The molecule has 3 aromatic rings. The van der Waals surface area contributed by atoms with Crippen LogP contribution in [0.15, 0.2) is 100 Å². The molecule has 3 aromatic carbocycles. The summed E-state index contributed by atoms with van der Waals surface area (Å²) in [6, 6.07) is 25.5. The fourth-order valence-corrected chi connectivity index (χ4v) is 4.85. The van der Waals surface area contributed by atoms with Gasteiger partial charge in [-0.1, -0.05) is 67.2 Å². The normalized spacial score (nSPS) is 13.4. The highest BCUT2D eigenvalue weighted by molar-refractivity contribution is 8.04. The van der Waals surface area contributed by atoms with Gasteiger partial charge in [-0.15, -0.1) is 0 Å². The number of carbonyl (C=O) groups is 3. The molecule has 35 heavy (non-hydrogen) atoms. The third kappa shape index (κ3) is 5.00. The number of imide groups is 1. The molecule has 1 aliphatic rings. The van der Waals surface area contributed by atoms with Crippen molar-refractivity contribution in [3.05, 3.63) is 101 Å². The molecule has 0 spiro atoms. The minimum atomic E-state index is -0.566. The van der Waals surface area contributed by atoms with Gasteiger partial charge in [0.1, 0.15) is 10.6 Å². The van der Waals surface area contributed by atoms with Crippen LogP contribution >= 0.6 is 11.8 Å². The zero-order valence-electron chi connectivity index (χ0n) is 19.6. The number of amides is 2. The van der Waals surface area contributed by atoms with Gasteiger partial charge in [0.15, 0.2) is 0 Å². The molecule has 6 nitrogen and oxygen atoms in total. The molecule has 0 atom stereocenters. The number of likely N-dealkylation sites (N-methyl/N-ethyl adjacent to an activating group) is 1. The van der Waals surface area contributed by atoms with Crippen molar-refractivity contribution in [1.29, 1.82) is 0 Å². The fourth-order valence-electron chi connectivity index (χ4n) is 3.84. The molecule has 0 saturated carbocycles. The van der Waals surface area contributed by atoms with E-state index in [0.717, 1.165) is 15.5 Å². The average Bonchev–Trinajstić information content (AvgIpc) is 3.13. The number of nitrogens with zero attached hydrogens (tertiary/aromatic N) is 2. The van der Waals surface area contributed by atoms with Crippen LogP contribution in [0.1, 0.15) is 30.6 Å². The number of ether oxygens (including phenoxy) is 1. The van der Waals surface area contributed by atoms with Gasteiger partial charge in [0.05, 0.1) is 17.9 Å². The predicted molar refractivity (Wildman–Crippen MR) is 138 cm³/mol. The summed E-state index contributed by atoms with van der Waals surface area (Å²) in [7, 11) is 0. The van der Waals surface area contributed by atoms with Crippen LogP contribution in [-0.4, -0.2) is 30.9 Å². The van der Waals surface area contributed by atoms with Crippen molar-refractivity contribution in [1.82, 2.24) is 0 Å². The second-order valence-electron chi connectivity index (χ2n) is 7.77. The average molecular weight is 487 g/mol. The van der Waals surface area contributed by atoms with Crippen LogP contribution < -0.4 is 9.80 Å². The molecule has 0 radical (unpaired) electrons. The minimum Gasteiger partial charge on any atom is -0.462 e. The number of carbonyl (C=O) groups excluding carboxylic acids is 3. The highest BCUT2D eigenvalue weighted by atomic mass is 32.2. The summed E-state index contributed by atoms with van der Waals surface area (Å²) in [5.41, 5.74) is 1.48. The van der Waals surface area contributed by atoms with Gasteiger partial charge in [0.25, 0.3) is 11.8 Å². The van der Waals surface area contributed by atoms with E-state index in [-0.39, 0.29) is 23.6 Å². The third-order valence-electron chi connectivity index (χ3n) is 5.44. The van der Waals surface area contributed by atoms with E-state index in [1.165, 1.54) is 11.8 Å². The maximum Gasteiger partial charge on any atom is 0.340 e. The number of benzene rings is 3. The van der Waals surface area contributed by atoms with Gasteiger partial charge >= 0.3 is 5.97 Å². The zero-order chi connectivity index (χ0) is 24.8. The van der Waals surface area contributed by atoms with Crippen molar-refractivity contribution in [3.8, 4) is 0 Å². The lowest BCUT2D eigenvalue weighted by molar-refractivity contribution is -0.120. The van der Waals surface area contributed by atoms with Gasteiger partial charge < -0.3 is 9.64 Å². The molecule has 0 saturated heterocycles. The summed E-state index contributed by atoms with van der Waals surface area (Å²) >= 11 is 1.25. The molecule has 7 heteroatoms. The quantitative estimate of drug-likeness (QED) is 0.287. The van der Waals surface area contributed by atoms with Crippen LogP contribution in [0.3, 0.4) is 0 Å². The second kappa shape index (κ2) is 11.1. The number of hydrogen-bond acceptors (Lipinski definition) is 6. The first-order chi connectivity index (χ1) is 17.1. The smallest absolute Gasteiger partial charge is 0.340 e. The summed E-state index contributed by atoms with van der Waals surface area (Å²) in [6.45, 7) is 4.57. The van der Waals surface area contributed by atoms with E-state index in [4.69, 9.17) is 4.74 Å². The van der Waals surface area contributed by atoms with Crippen LogP contribution in [0.5, 0.6) is 0 Å². The van der Waals surface area contributed by atoms with Crippen LogP contribution in [0, 0.1) is 0 Å². The Bertz CT molecular complexity index is 1260. The lowest BCUT2D eigenvalue weighted by atomic mass is 10.1. The second-order valence-corrected chi connectivity index (χ2v) is 8.86. The number of rotatable bonds is 9. The van der Waals surface area contributed by atoms with Crippen molar-refractivity contribution in [2.75, 3.05) is 23.0 Å². The van der Waals surface area contributed by atoms with E-state index in [9.17, 15) is 14.4 Å². The van der Waals surface area contributed by atoms with E-state index < -0.39 is 17.8 Å². The molecule has 4 rings (SSSR count). The van der Waals surface area contributed by atoms with Crippen molar-refractivity contribution >= 4 is 40.9 Å². The van der Waals surface area contributed by atoms with Crippen LogP contribution in [-0.2, 0) is 14.3 Å². The Morgan fingerprint density at radius 1 is 0.857 bits per heavy atom. The summed E-state index contributed by atoms with van der Waals surface area (Å²) in [5, 5.41) is 0. The molecule has 1 aliphatic heterocycles. The molecule has 0 N–H and O–H groups in total. The largest absolute Gasteiger partial charge is 0.462 e. The van der Waals surface area contributed by atoms with E-state index in [0.29, 0.717) is 17.9 Å². The molecule has 0 aliphatic carbocycles. The minimum absolute atomic E-state index is 0.177. The topological polar surface area (TPSA) is 66.9 Å². The monoisotopic (exact) mass is 486 g/mol. The Balaban J connectivity index is 1.81. The summed E-state index contributed by atoms with van der Waals surface area (Å²) in [6.07, 6.45) is 0.668. The van der Waals surface area contributed by atoms with Crippen LogP contribution in [0.25, 0.3) is 0 Å². The van der Waals surface area contributed by atoms with Crippen molar-refractivity contribution in [2.45, 2.75) is 25.2 Å². The number of para-hydroxylation sites is 2. The van der Waals surface area contributed by atoms with Crippen LogP contribution in [0.4, 0.5) is 11.4 Å². The molecule has 1 heterocycles. The fraction of sp³-hybridized carbons (Fsp3) is 0.179. The first-order valence-corrected chi connectivity index (χ1v) is 12.3. The molecule has 0 unspecified atom stereocenters. The van der Waals surface area contributed by atoms with Crippen molar-refractivity contribution in [2.24, 2.45) is 0 Å². The number of anilines is 2. The molecule has 0 fully saturated rings. The molecular weight excluding hydrogens is 460 g/mol. The Kier molecular flexibility index (Phi) is 7.67. The number of esters is 1. The van der Waals surface area contributed by atoms with Crippen molar-refractivity contribution in [3.63, 3.8) is 0 Å². The lowest BCUT2D eigenvalue weighted by Crippen LogP contribution is -2.36. The molecule has 178 valence electrons. The highest BCUT2D eigenvalue weighted by Gasteiger charge is 2.43. The van der Waals surface area contributed by atoms with E-state index >= 15 is 0 Å². The predicted octanol–water partition coefficient (Wildman–Crippen LogP) is 5.66. The lowest BCUT2D eigenvalue weighted by Gasteiger charge is -2.25. The summed E-state index contributed by atoms with van der Waals surface area (Å²) in [4.78, 5) is 44.6. The third-order valence-corrected chi connectivity index (χ3v) is 6.52. The van der Waals surface area contributed by atoms with Gasteiger partial charge in [-0.25, -0.2) is 9.69 Å². The standard InChI is InChI=1S/C28H26N2O4S/c1-3-19-34-28(33)22-17-11-12-18-23(22)30-26(31)24(29(4-2)20-13-7-5-8-14-20)25(27(30)32)35-21-15-9-6-10-16-21/h5-18H,3-4,19H2,1-2H3. The molecular formula is C28H26N2O4S. The van der Waals surface area contributed by atoms with Gasteiger partial charge in [0.2, 0.25) is 0 Å². The molecule has 2 amide bonds. The van der Waals surface area contributed by atoms with Gasteiger partial charge in [-0.05, 0) is 49.7 Å². The highest BCUT2D eigenvalue weighted by Crippen LogP contribution is 2.40. The maximum atomic E-state index is 13.9.